The number of hydrogen-bond acceptors (Lipinski definition) is 3. The molecule has 4 heteroatoms. The molecule has 3 heterocycles. The summed E-state index contributed by atoms with van der Waals surface area (Å²) >= 11 is 0. The summed E-state index contributed by atoms with van der Waals surface area (Å²) in [5.74, 6) is 0.765. The predicted octanol–water partition coefficient (Wildman–Crippen LogP) is 3.05. The topological polar surface area (TPSA) is 50.9 Å². The third kappa shape index (κ3) is 1.96. The van der Waals surface area contributed by atoms with E-state index in [2.05, 4.69) is 21.7 Å². The molecule has 1 aliphatic heterocycles. The van der Waals surface area contributed by atoms with Gasteiger partial charge in [-0.15, -0.1) is 0 Å². The zero-order valence-electron chi connectivity index (χ0n) is 11.5. The minimum absolute atomic E-state index is 0.469. The number of hydrogen-bond donors (Lipinski definition) is 1. The predicted molar refractivity (Wildman–Crippen MR) is 80.5 cm³/mol. The quantitative estimate of drug-likeness (QED) is 0.783. The minimum Gasteiger partial charge on any atom is -0.385 e. The molecule has 4 nitrogen and oxygen atoms in total. The van der Waals surface area contributed by atoms with Crippen LogP contribution < -0.4 is 0 Å². The Kier molecular flexibility index (Phi) is 2.82. The van der Waals surface area contributed by atoms with Crippen LogP contribution in [0.5, 0.6) is 0 Å². The number of aliphatic hydroxyl groups excluding tert-OH is 1. The second-order valence-corrected chi connectivity index (χ2v) is 5.23. The van der Waals surface area contributed by atoms with Crippen molar-refractivity contribution in [2.45, 2.75) is 19.1 Å². The third-order valence-electron chi connectivity index (χ3n) is 3.92. The second-order valence-electron chi connectivity index (χ2n) is 5.23. The van der Waals surface area contributed by atoms with Crippen molar-refractivity contribution in [1.82, 2.24) is 14.5 Å². The van der Waals surface area contributed by atoms with E-state index in [0.717, 1.165) is 41.3 Å². The van der Waals surface area contributed by atoms with Gasteiger partial charge in [0.05, 0.1) is 11.4 Å². The van der Waals surface area contributed by atoms with Gasteiger partial charge in [-0.05, 0) is 18.6 Å². The largest absolute Gasteiger partial charge is 0.385 e. The number of aromatic nitrogens is 3. The molecule has 0 aliphatic carbocycles. The maximum Gasteiger partial charge on any atom is 0.138 e. The van der Waals surface area contributed by atoms with Gasteiger partial charge in [0.25, 0.3) is 0 Å². The summed E-state index contributed by atoms with van der Waals surface area (Å²) in [6.07, 6.45) is 3.84. The molecule has 0 amide bonds. The van der Waals surface area contributed by atoms with Crippen molar-refractivity contribution in [3.8, 4) is 22.5 Å². The lowest BCUT2D eigenvalue weighted by Crippen LogP contribution is -1.96. The number of nitrogens with zero attached hydrogens (tertiary/aromatic N) is 3. The van der Waals surface area contributed by atoms with E-state index in [0.29, 0.717) is 0 Å². The summed E-state index contributed by atoms with van der Waals surface area (Å²) in [4.78, 5) is 8.80. The van der Waals surface area contributed by atoms with E-state index >= 15 is 0 Å². The summed E-state index contributed by atoms with van der Waals surface area (Å²) < 4.78 is 2.13. The van der Waals surface area contributed by atoms with E-state index < -0.39 is 6.10 Å². The molecule has 1 unspecified atom stereocenters. The number of fused-ring (bicyclic) bond motifs is 1. The van der Waals surface area contributed by atoms with Crippen LogP contribution in [0.4, 0.5) is 0 Å². The Bertz CT molecular complexity index is 765. The fourth-order valence-electron chi connectivity index (χ4n) is 2.93. The Morgan fingerprint density at radius 1 is 1.00 bits per heavy atom. The van der Waals surface area contributed by atoms with E-state index in [-0.39, 0.29) is 0 Å². The zero-order valence-corrected chi connectivity index (χ0v) is 11.5. The van der Waals surface area contributed by atoms with E-state index in [1.54, 1.807) is 12.4 Å². The van der Waals surface area contributed by atoms with Gasteiger partial charge < -0.3 is 9.67 Å². The van der Waals surface area contributed by atoms with Gasteiger partial charge in [0.1, 0.15) is 11.9 Å². The molecule has 0 bridgehead atoms. The molecule has 4 rings (SSSR count). The number of pyridine rings is 1. The minimum atomic E-state index is -0.469. The molecule has 0 radical (unpaired) electrons. The molecular formula is C17H15N3O. The zero-order chi connectivity index (χ0) is 14.2. The average Bonchev–Trinajstić information content (AvgIpc) is 3.09. The molecule has 1 aliphatic rings. The van der Waals surface area contributed by atoms with Crippen molar-refractivity contribution in [2.24, 2.45) is 0 Å². The van der Waals surface area contributed by atoms with Gasteiger partial charge >= 0.3 is 0 Å². The van der Waals surface area contributed by atoms with Crippen molar-refractivity contribution >= 4 is 0 Å². The van der Waals surface area contributed by atoms with E-state index in [9.17, 15) is 5.11 Å². The van der Waals surface area contributed by atoms with Gasteiger partial charge in [0, 0.05) is 30.1 Å². The number of aliphatic hydroxyl groups is 1. The SMILES string of the molecule is OC1CCn2c1nc(-c1ccccc1)c2-c1ccncc1. The molecule has 3 aromatic rings. The van der Waals surface area contributed by atoms with Crippen LogP contribution in [-0.4, -0.2) is 19.6 Å². The van der Waals surface area contributed by atoms with Gasteiger partial charge in [-0.3, -0.25) is 4.98 Å². The lowest BCUT2D eigenvalue weighted by Gasteiger charge is -2.08. The van der Waals surface area contributed by atoms with Crippen molar-refractivity contribution in [2.75, 3.05) is 0 Å². The standard InChI is InChI=1S/C17H15N3O/c21-14-8-11-20-16(13-6-9-18-10-7-13)15(19-17(14)20)12-4-2-1-3-5-12/h1-7,9-10,14,21H,8,11H2. The number of benzene rings is 1. The Hall–Kier alpha value is -2.46. The van der Waals surface area contributed by atoms with Crippen LogP contribution in [0, 0.1) is 0 Å². The molecule has 0 fully saturated rings. The fourth-order valence-corrected chi connectivity index (χ4v) is 2.93. The normalized spacial score (nSPS) is 16.9. The average molecular weight is 277 g/mol. The highest BCUT2D eigenvalue weighted by molar-refractivity contribution is 5.79. The molecule has 21 heavy (non-hydrogen) atoms. The van der Waals surface area contributed by atoms with Crippen LogP contribution in [0.2, 0.25) is 0 Å². The summed E-state index contributed by atoms with van der Waals surface area (Å²) in [6.45, 7) is 0.800. The highest BCUT2D eigenvalue weighted by Gasteiger charge is 2.28. The first kappa shape index (κ1) is 12.3. The van der Waals surface area contributed by atoms with Crippen LogP contribution in [0.15, 0.2) is 54.9 Å². The first-order valence-electron chi connectivity index (χ1n) is 7.09. The Morgan fingerprint density at radius 2 is 1.76 bits per heavy atom. The smallest absolute Gasteiger partial charge is 0.138 e. The van der Waals surface area contributed by atoms with Crippen LogP contribution in [-0.2, 0) is 6.54 Å². The van der Waals surface area contributed by atoms with Gasteiger partial charge in [-0.25, -0.2) is 4.98 Å². The van der Waals surface area contributed by atoms with Gasteiger partial charge in [0.15, 0.2) is 0 Å². The summed E-state index contributed by atoms with van der Waals surface area (Å²) in [6, 6.07) is 14.1. The fraction of sp³-hybridized carbons (Fsp3) is 0.176. The third-order valence-corrected chi connectivity index (χ3v) is 3.92. The van der Waals surface area contributed by atoms with Crippen LogP contribution >= 0.6 is 0 Å². The highest BCUT2D eigenvalue weighted by Crippen LogP contribution is 2.38. The van der Waals surface area contributed by atoms with Crippen molar-refractivity contribution in [3.63, 3.8) is 0 Å². The molecule has 1 aromatic carbocycles. The summed E-state index contributed by atoms with van der Waals surface area (Å²) in [7, 11) is 0. The molecule has 0 saturated heterocycles. The number of rotatable bonds is 2. The molecule has 2 aromatic heterocycles. The van der Waals surface area contributed by atoms with Crippen LogP contribution in [0.1, 0.15) is 18.3 Å². The van der Waals surface area contributed by atoms with E-state index in [4.69, 9.17) is 4.98 Å². The first-order chi connectivity index (χ1) is 10.3. The van der Waals surface area contributed by atoms with Crippen molar-refractivity contribution < 1.29 is 5.11 Å². The van der Waals surface area contributed by atoms with Gasteiger partial charge in [-0.1, -0.05) is 30.3 Å². The lowest BCUT2D eigenvalue weighted by atomic mass is 10.1. The molecule has 1 atom stereocenters. The summed E-state index contributed by atoms with van der Waals surface area (Å²) in [5, 5.41) is 10.1. The van der Waals surface area contributed by atoms with Gasteiger partial charge in [-0.2, -0.15) is 0 Å². The van der Waals surface area contributed by atoms with Crippen molar-refractivity contribution in [1.29, 1.82) is 0 Å². The molecule has 104 valence electrons. The summed E-state index contributed by atoms with van der Waals surface area (Å²) in [5.41, 5.74) is 4.14. The molecular weight excluding hydrogens is 262 g/mol. The lowest BCUT2D eigenvalue weighted by molar-refractivity contribution is 0.176. The monoisotopic (exact) mass is 277 g/mol. The highest BCUT2D eigenvalue weighted by atomic mass is 16.3. The van der Waals surface area contributed by atoms with Crippen LogP contribution in [0.3, 0.4) is 0 Å². The maximum absolute atomic E-state index is 10.1. The second kappa shape index (κ2) is 4.82. The Balaban J connectivity index is 1.98. The van der Waals surface area contributed by atoms with E-state index in [1.807, 2.05) is 30.3 Å². The molecule has 0 saturated carbocycles. The number of imidazole rings is 1. The molecule has 1 N–H and O–H groups in total. The van der Waals surface area contributed by atoms with Crippen LogP contribution in [0.25, 0.3) is 22.5 Å². The Morgan fingerprint density at radius 3 is 2.52 bits per heavy atom. The van der Waals surface area contributed by atoms with Crippen molar-refractivity contribution in [3.05, 3.63) is 60.7 Å². The van der Waals surface area contributed by atoms with Gasteiger partial charge in [0.2, 0.25) is 0 Å². The Labute approximate surface area is 122 Å². The maximum atomic E-state index is 10.1. The van der Waals surface area contributed by atoms with E-state index in [1.165, 1.54) is 0 Å². The first-order valence-corrected chi connectivity index (χ1v) is 7.09. The molecule has 0 spiro atoms.